The van der Waals surface area contributed by atoms with E-state index in [2.05, 4.69) is 130 Å². The third-order valence-corrected chi connectivity index (χ3v) is 8.55. The van der Waals surface area contributed by atoms with Crippen molar-refractivity contribution in [2.24, 2.45) is 0 Å². The molecular weight excluding hydrogens is 558 g/mol. The van der Waals surface area contributed by atoms with Gasteiger partial charge in [0.2, 0.25) is 0 Å². The highest BCUT2D eigenvalue weighted by Gasteiger charge is 2.48. The van der Waals surface area contributed by atoms with E-state index in [1.165, 1.54) is 70.3 Å². The molecule has 0 saturated carbocycles. The number of rotatable bonds is 8. The SMILES string of the molecule is CCCCCCNc1cccc(C2(c3cccc(C)c3)C3=C(C=CC(Br)C3)c3ccc(Br)cc32)c1. The molecule has 0 bridgehead atoms. The van der Waals surface area contributed by atoms with E-state index in [0.717, 1.165) is 17.4 Å². The number of anilines is 1. The van der Waals surface area contributed by atoms with Crippen LogP contribution in [0, 0.1) is 6.92 Å². The molecule has 0 heterocycles. The standard InChI is InChI=1S/C32H33Br2N/c1-3-4-5-6-17-35-27-12-8-11-24(19-27)32(23-10-7-9-22(2)18-23)30-20-25(33)13-15-28(30)29-16-14-26(34)21-31(29)32/h7-16,18-20,26,35H,3-6,17,21H2,1-2H3. The first kappa shape index (κ1) is 24.6. The molecule has 5 rings (SSSR count). The summed E-state index contributed by atoms with van der Waals surface area (Å²) in [5, 5.41) is 3.72. The zero-order valence-corrected chi connectivity index (χ0v) is 23.8. The highest BCUT2D eigenvalue weighted by Crippen LogP contribution is 2.58. The van der Waals surface area contributed by atoms with Gasteiger partial charge in [0.05, 0.1) is 5.41 Å². The first-order chi connectivity index (χ1) is 17.0. The van der Waals surface area contributed by atoms with Gasteiger partial charge < -0.3 is 5.32 Å². The predicted octanol–water partition coefficient (Wildman–Crippen LogP) is 9.57. The van der Waals surface area contributed by atoms with Crippen molar-refractivity contribution in [3.05, 3.63) is 117 Å². The van der Waals surface area contributed by atoms with Crippen LogP contribution in [0.5, 0.6) is 0 Å². The van der Waals surface area contributed by atoms with Crippen LogP contribution in [-0.2, 0) is 5.41 Å². The van der Waals surface area contributed by atoms with Crippen LogP contribution in [0.1, 0.15) is 66.8 Å². The third-order valence-electron chi connectivity index (χ3n) is 7.43. The molecule has 2 unspecified atom stereocenters. The molecule has 3 heteroatoms. The van der Waals surface area contributed by atoms with E-state index in [4.69, 9.17) is 0 Å². The minimum atomic E-state index is -0.322. The van der Waals surface area contributed by atoms with Gasteiger partial charge in [-0.1, -0.05) is 118 Å². The Hall–Kier alpha value is -2.10. The molecular formula is C32H33Br2N. The number of halogens is 2. The highest BCUT2D eigenvalue weighted by molar-refractivity contribution is 9.10. The Labute approximate surface area is 227 Å². The molecule has 3 aromatic rings. The van der Waals surface area contributed by atoms with Crippen LogP contribution >= 0.6 is 31.9 Å². The third kappa shape index (κ3) is 4.58. The minimum Gasteiger partial charge on any atom is -0.385 e. The molecule has 35 heavy (non-hydrogen) atoms. The molecule has 2 aliphatic carbocycles. The fraction of sp³-hybridized carbons (Fsp3) is 0.312. The van der Waals surface area contributed by atoms with Crippen molar-refractivity contribution >= 4 is 43.1 Å². The summed E-state index contributed by atoms with van der Waals surface area (Å²) in [6, 6.07) is 25.1. The lowest BCUT2D eigenvalue weighted by Crippen LogP contribution is -2.31. The largest absolute Gasteiger partial charge is 0.385 e. The zero-order valence-electron chi connectivity index (χ0n) is 20.6. The van der Waals surface area contributed by atoms with Gasteiger partial charge in [0.25, 0.3) is 0 Å². The van der Waals surface area contributed by atoms with Crippen LogP contribution < -0.4 is 5.32 Å². The molecule has 0 amide bonds. The van der Waals surface area contributed by atoms with Crippen molar-refractivity contribution < 1.29 is 0 Å². The van der Waals surface area contributed by atoms with Gasteiger partial charge in [0.1, 0.15) is 0 Å². The van der Waals surface area contributed by atoms with Crippen LogP contribution in [-0.4, -0.2) is 11.4 Å². The van der Waals surface area contributed by atoms with E-state index >= 15 is 0 Å². The average Bonchev–Trinajstić information content (AvgIpc) is 3.13. The normalized spacial score (nSPS) is 20.6. The molecule has 2 atom stereocenters. The van der Waals surface area contributed by atoms with E-state index in [1.807, 2.05) is 0 Å². The van der Waals surface area contributed by atoms with E-state index < -0.39 is 0 Å². The van der Waals surface area contributed by atoms with Crippen molar-refractivity contribution in [1.29, 1.82) is 0 Å². The number of hydrogen-bond acceptors (Lipinski definition) is 1. The van der Waals surface area contributed by atoms with Gasteiger partial charge in [-0.25, -0.2) is 0 Å². The Morgan fingerprint density at radius 2 is 1.74 bits per heavy atom. The van der Waals surface area contributed by atoms with Crippen molar-refractivity contribution in [2.75, 3.05) is 11.9 Å². The summed E-state index contributed by atoms with van der Waals surface area (Å²) in [6.45, 7) is 5.48. The van der Waals surface area contributed by atoms with Crippen LogP contribution in [0.3, 0.4) is 0 Å². The number of aryl methyl sites for hydroxylation is 1. The smallest absolute Gasteiger partial charge is 0.0678 e. The second-order valence-electron chi connectivity index (χ2n) is 9.85. The van der Waals surface area contributed by atoms with Crippen molar-refractivity contribution in [3.8, 4) is 0 Å². The summed E-state index contributed by atoms with van der Waals surface area (Å²) in [7, 11) is 0. The van der Waals surface area contributed by atoms with Gasteiger partial charge in [0.15, 0.2) is 0 Å². The molecule has 0 aliphatic heterocycles. The lowest BCUT2D eigenvalue weighted by atomic mass is 9.65. The fourth-order valence-corrected chi connectivity index (χ4v) is 6.69. The summed E-state index contributed by atoms with van der Waals surface area (Å²) in [5.74, 6) is 0. The van der Waals surface area contributed by atoms with Gasteiger partial charge in [-0.2, -0.15) is 0 Å². The van der Waals surface area contributed by atoms with Crippen LogP contribution in [0.4, 0.5) is 5.69 Å². The predicted molar refractivity (Wildman–Crippen MR) is 158 cm³/mol. The number of unbranched alkanes of at least 4 members (excludes halogenated alkanes) is 3. The van der Waals surface area contributed by atoms with Gasteiger partial charge in [-0.15, -0.1) is 0 Å². The Morgan fingerprint density at radius 1 is 0.943 bits per heavy atom. The number of nitrogens with one attached hydrogen (secondary N) is 1. The molecule has 1 N–H and O–H groups in total. The van der Waals surface area contributed by atoms with Crippen LogP contribution in [0.25, 0.3) is 5.57 Å². The number of fused-ring (bicyclic) bond motifs is 2. The summed E-state index contributed by atoms with van der Waals surface area (Å²) < 4.78 is 1.12. The lowest BCUT2D eigenvalue weighted by molar-refractivity contribution is 0.684. The maximum atomic E-state index is 3.92. The Kier molecular flexibility index (Phi) is 7.37. The summed E-state index contributed by atoms with van der Waals surface area (Å²) in [6.07, 6.45) is 10.7. The summed E-state index contributed by atoms with van der Waals surface area (Å²) in [5.41, 5.74) is 10.4. The van der Waals surface area contributed by atoms with Gasteiger partial charge >= 0.3 is 0 Å². The second-order valence-corrected chi connectivity index (χ2v) is 11.9. The van der Waals surface area contributed by atoms with E-state index in [1.54, 1.807) is 0 Å². The molecule has 3 aromatic carbocycles. The van der Waals surface area contributed by atoms with Gasteiger partial charge in [-0.3, -0.25) is 0 Å². The van der Waals surface area contributed by atoms with Crippen molar-refractivity contribution in [1.82, 2.24) is 0 Å². The number of allylic oxidation sites excluding steroid dienone is 4. The average molecular weight is 591 g/mol. The molecule has 0 aromatic heterocycles. The second kappa shape index (κ2) is 10.5. The molecule has 0 fully saturated rings. The molecule has 0 radical (unpaired) electrons. The zero-order chi connectivity index (χ0) is 24.4. The van der Waals surface area contributed by atoms with E-state index in [-0.39, 0.29) is 5.41 Å². The van der Waals surface area contributed by atoms with E-state index in [9.17, 15) is 0 Å². The van der Waals surface area contributed by atoms with Gasteiger partial charge in [-0.05, 0) is 77.4 Å². The Morgan fingerprint density at radius 3 is 2.54 bits per heavy atom. The Bertz CT molecular complexity index is 1290. The minimum absolute atomic E-state index is 0.322. The maximum absolute atomic E-state index is 3.92. The summed E-state index contributed by atoms with van der Waals surface area (Å²) >= 11 is 7.72. The highest BCUT2D eigenvalue weighted by atomic mass is 79.9. The monoisotopic (exact) mass is 589 g/mol. The van der Waals surface area contributed by atoms with Crippen molar-refractivity contribution in [3.63, 3.8) is 0 Å². The van der Waals surface area contributed by atoms with Crippen LogP contribution in [0.2, 0.25) is 0 Å². The first-order valence-corrected chi connectivity index (χ1v) is 14.5. The quantitative estimate of drug-likeness (QED) is 0.203. The van der Waals surface area contributed by atoms with Crippen LogP contribution in [0.15, 0.2) is 88.9 Å². The molecule has 0 spiro atoms. The molecule has 0 saturated heterocycles. The molecule has 2 aliphatic rings. The fourth-order valence-electron chi connectivity index (χ4n) is 5.86. The Balaban J connectivity index is 1.70. The summed E-state index contributed by atoms with van der Waals surface area (Å²) in [4.78, 5) is 0.336. The molecule has 180 valence electrons. The number of alkyl halides is 1. The topological polar surface area (TPSA) is 12.0 Å². The maximum Gasteiger partial charge on any atom is 0.0678 e. The molecule has 1 nitrogen and oxygen atoms in total. The number of hydrogen-bond donors (Lipinski definition) is 1. The van der Waals surface area contributed by atoms with Crippen molar-refractivity contribution in [2.45, 2.75) is 56.2 Å². The van der Waals surface area contributed by atoms with E-state index in [0.29, 0.717) is 4.83 Å². The lowest BCUT2D eigenvalue weighted by Gasteiger charge is -2.37. The number of benzene rings is 3. The van der Waals surface area contributed by atoms with Gasteiger partial charge in [0, 0.05) is 21.5 Å². The first-order valence-electron chi connectivity index (χ1n) is 12.8.